The first-order valence-corrected chi connectivity index (χ1v) is 5.46. The molecule has 0 fully saturated rings. The summed E-state index contributed by atoms with van der Waals surface area (Å²) in [4.78, 5) is 21.7. The van der Waals surface area contributed by atoms with E-state index in [9.17, 15) is 0 Å². The molecule has 0 saturated heterocycles. The molecule has 0 unspecified atom stereocenters. The Morgan fingerprint density at radius 3 is 2.47 bits per heavy atom. The Kier molecular flexibility index (Phi) is 6.56. The third-order valence-electron chi connectivity index (χ3n) is 1.58. The van der Waals surface area contributed by atoms with Gasteiger partial charge >= 0.3 is 0 Å². The number of aliphatic imine (C=N–C) groups is 1. The highest BCUT2D eigenvalue weighted by atomic mass is 32.1. The molecule has 1 heterocycles. The first kappa shape index (κ1) is 15.1. The Labute approximate surface area is 102 Å². The second-order valence-corrected chi connectivity index (χ2v) is 3.86. The van der Waals surface area contributed by atoms with Gasteiger partial charge < -0.3 is 16.3 Å². The number of nitrogens with zero attached hydrogens (tertiary/aromatic N) is 3. The maximum atomic E-state index is 8.95. The highest BCUT2D eigenvalue weighted by molar-refractivity contribution is 7.15. The van der Waals surface area contributed by atoms with Crippen molar-refractivity contribution in [3.63, 3.8) is 0 Å². The number of guanidine groups is 1. The highest BCUT2D eigenvalue weighted by Crippen LogP contribution is 2.24. The lowest BCUT2D eigenvalue weighted by Gasteiger charge is -1.85. The fourth-order valence-electron chi connectivity index (χ4n) is 0.899. The van der Waals surface area contributed by atoms with E-state index in [2.05, 4.69) is 21.7 Å². The van der Waals surface area contributed by atoms with E-state index in [-0.39, 0.29) is 5.96 Å². The molecule has 9 heteroatoms. The summed E-state index contributed by atoms with van der Waals surface area (Å²) in [6.45, 7) is 4.04. The van der Waals surface area contributed by atoms with E-state index in [0.717, 1.165) is 19.2 Å². The van der Waals surface area contributed by atoms with Gasteiger partial charge in [-0.05, 0) is 13.3 Å². The van der Waals surface area contributed by atoms with E-state index in [1.54, 1.807) is 0 Å². The van der Waals surface area contributed by atoms with Gasteiger partial charge in [0.2, 0.25) is 5.13 Å². The molecule has 1 aromatic heterocycles. The molecule has 0 amide bonds. The molecule has 0 radical (unpaired) electrons. The lowest BCUT2D eigenvalue weighted by atomic mass is 10.3. The topological polar surface area (TPSA) is 130 Å². The minimum Gasteiger partial charge on any atom is -0.370 e. The molecule has 0 aromatic carbocycles. The van der Waals surface area contributed by atoms with Crippen molar-refractivity contribution in [2.75, 3.05) is 7.11 Å². The number of aryl methyl sites for hydroxylation is 2. The molecule has 0 saturated carbocycles. The van der Waals surface area contributed by atoms with Gasteiger partial charge in [0.1, 0.15) is 0 Å². The number of hydrogen-bond donors (Lipinski definition) is 2. The second-order valence-electron chi connectivity index (χ2n) is 2.80. The van der Waals surface area contributed by atoms with Gasteiger partial charge in [0.25, 0.3) is 5.09 Å². The summed E-state index contributed by atoms with van der Waals surface area (Å²) < 4.78 is 0. The van der Waals surface area contributed by atoms with E-state index in [4.69, 9.17) is 21.6 Å². The Balaban J connectivity index is 0.000000437. The monoisotopic (exact) mass is 261 g/mol. The summed E-state index contributed by atoms with van der Waals surface area (Å²) in [5.41, 5.74) is 11.5. The van der Waals surface area contributed by atoms with Crippen LogP contribution in [0, 0.1) is 17.0 Å². The van der Waals surface area contributed by atoms with Gasteiger partial charge in [-0.2, -0.15) is 4.99 Å². The standard InChI is InChI=1S/C7H12N4S.CH3NO3/c1-3-5-4(2)10-7(12-5)11-6(8)9;1-5-2(3)4/h3H2,1-2H3,(H4,8,9,10,11);1H3. The SMILES string of the molecule is CCc1sc(N=C(N)N)nc1C.CO[N+](=O)[O-]. The fraction of sp³-hybridized carbons (Fsp3) is 0.500. The largest absolute Gasteiger partial charge is 0.370 e. The molecule has 17 heavy (non-hydrogen) atoms. The van der Waals surface area contributed by atoms with Crippen molar-refractivity contribution in [3.05, 3.63) is 20.7 Å². The summed E-state index contributed by atoms with van der Waals surface area (Å²) in [6.07, 6.45) is 0.976. The van der Waals surface area contributed by atoms with E-state index in [0.29, 0.717) is 5.13 Å². The van der Waals surface area contributed by atoms with Crippen LogP contribution in [0.5, 0.6) is 0 Å². The quantitative estimate of drug-likeness (QED) is 0.357. The Bertz CT molecular complexity index is 400. The molecule has 0 aliphatic carbocycles. The van der Waals surface area contributed by atoms with Gasteiger partial charge in [-0.15, -0.1) is 10.1 Å². The summed E-state index contributed by atoms with van der Waals surface area (Å²) in [5.74, 6) is 0.0615. The molecule has 0 atom stereocenters. The Morgan fingerprint density at radius 1 is 1.65 bits per heavy atom. The molecule has 4 N–H and O–H groups in total. The molecule has 0 aliphatic heterocycles. The molecule has 8 nitrogen and oxygen atoms in total. The third kappa shape index (κ3) is 6.30. The van der Waals surface area contributed by atoms with Crippen molar-refractivity contribution in [1.82, 2.24) is 4.98 Å². The molecule has 0 bridgehead atoms. The van der Waals surface area contributed by atoms with Gasteiger partial charge in [-0.3, -0.25) is 0 Å². The van der Waals surface area contributed by atoms with Crippen molar-refractivity contribution < 1.29 is 9.92 Å². The second kappa shape index (κ2) is 7.39. The van der Waals surface area contributed by atoms with Crippen LogP contribution in [0.25, 0.3) is 0 Å². The zero-order valence-corrected chi connectivity index (χ0v) is 10.7. The van der Waals surface area contributed by atoms with Crippen molar-refractivity contribution in [2.24, 2.45) is 16.5 Å². The first-order valence-electron chi connectivity index (χ1n) is 4.65. The third-order valence-corrected chi connectivity index (χ3v) is 2.77. The van der Waals surface area contributed by atoms with E-state index in [1.165, 1.54) is 16.2 Å². The van der Waals surface area contributed by atoms with Crippen molar-refractivity contribution in [1.29, 1.82) is 0 Å². The average molecular weight is 261 g/mol. The van der Waals surface area contributed by atoms with E-state index in [1.807, 2.05) is 6.92 Å². The smallest absolute Gasteiger partial charge is 0.294 e. The minimum absolute atomic E-state index is 0.0615. The highest BCUT2D eigenvalue weighted by Gasteiger charge is 2.03. The Hall–Kier alpha value is -1.90. The number of thiazole rings is 1. The normalized spacial score (nSPS) is 8.88. The molecular weight excluding hydrogens is 246 g/mol. The molecule has 1 rings (SSSR count). The molecule has 0 aliphatic rings. The number of nitrogens with two attached hydrogens (primary N) is 2. The summed E-state index contributed by atoms with van der Waals surface area (Å²) in [7, 11) is 1.00. The van der Waals surface area contributed by atoms with Crippen LogP contribution >= 0.6 is 11.3 Å². The minimum atomic E-state index is -0.875. The van der Waals surface area contributed by atoms with Crippen LogP contribution in [0.2, 0.25) is 0 Å². The maximum absolute atomic E-state index is 8.95. The average Bonchev–Trinajstić information content (AvgIpc) is 2.58. The van der Waals surface area contributed by atoms with Gasteiger partial charge in [0.15, 0.2) is 5.96 Å². The first-order chi connectivity index (χ1) is 7.90. The van der Waals surface area contributed by atoms with Gasteiger partial charge in [-0.25, -0.2) is 4.98 Å². The number of hydrogen-bond acceptors (Lipinski definition) is 6. The van der Waals surface area contributed by atoms with Gasteiger partial charge in [0, 0.05) is 4.88 Å². The van der Waals surface area contributed by atoms with Crippen LogP contribution in [-0.2, 0) is 11.3 Å². The van der Waals surface area contributed by atoms with Gasteiger partial charge in [-0.1, -0.05) is 18.3 Å². The lowest BCUT2D eigenvalue weighted by molar-refractivity contribution is -0.749. The van der Waals surface area contributed by atoms with Crippen LogP contribution in [-0.4, -0.2) is 23.1 Å². The predicted molar refractivity (Wildman–Crippen MR) is 65.7 cm³/mol. The van der Waals surface area contributed by atoms with E-state index >= 15 is 0 Å². The van der Waals surface area contributed by atoms with Crippen LogP contribution < -0.4 is 11.5 Å². The van der Waals surface area contributed by atoms with Crippen LogP contribution in [0.1, 0.15) is 17.5 Å². The molecule has 96 valence electrons. The molecule has 1 aromatic rings. The van der Waals surface area contributed by atoms with Crippen molar-refractivity contribution >= 4 is 22.4 Å². The van der Waals surface area contributed by atoms with E-state index < -0.39 is 5.09 Å². The van der Waals surface area contributed by atoms with Crippen molar-refractivity contribution in [3.8, 4) is 0 Å². The molecule has 0 spiro atoms. The maximum Gasteiger partial charge on any atom is 0.294 e. The van der Waals surface area contributed by atoms with Crippen LogP contribution in [0.3, 0.4) is 0 Å². The van der Waals surface area contributed by atoms with Crippen molar-refractivity contribution in [2.45, 2.75) is 20.3 Å². The van der Waals surface area contributed by atoms with Gasteiger partial charge in [0.05, 0.1) is 12.8 Å². The Morgan fingerprint density at radius 2 is 2.18 bits per heavy atom. The van der Waals surface area contributed by atoms with Crippen LogP contribution in [0.4, 0.5) is 5.13 Å². The van der Waals surface area contributed by atoms with Crippen LogP contribution in [0.15, 0.2) is 4.99 Å². The lowest BCUT2D eigenvalue weighted by Crippen LogP contribution is -2.21. The zero-order valence-electron chi connectivity index (χ0n) is 9.84. The summed E-state index contributed by atoms with van der Waals surface area (Å²) >= 11 is 1.53. The summed E-state index contributed by atoms with van der Waals surface area (Å²) in [5, 5.41) is 8.72. The summed E-state index contributed by atoms with van der Waals surface area (Å²) in [6, 6.07) is 0. The molecular formula is C8H15N5O3S. The number of aromatic nitrogens is 1. The zero-order chi connectivity index (χ0) is 13.4. The predicted octanol–water partition coefficient (Wildman–Crippen LogP) is 0.743. The fourth-order valence-corrected chi connectivity index (χ4v) is 1.79. The number of rotatable bonds is 3.